The van der Waals surface area contributed by atoms with Crippen molar-refractivity contribution < 1.29 is 4.79 Å². The van der Waals surface area contributed by atoms with Gasteiger partial charge in [-0.1, -0.05) is 42.5 Å². The van der Waals surface area contributed by atoms with E-state index in [0.29, 0.717) is 17.5 Å². The molecule has 0 radical (unpaired) electrons. The van der Waals surface area contributed by atoms with Crippen molar-refractivity contribution >= 4 is 5.91 Å². The van der Waals surface area contributed by atoms with Crippen LogP contribution in [0.2, 0.25) is 0 Å². The fourth-order valence-electron chi connectivity index (χ4n) is 3.41. The van der Waals surface area contributed by atoms with E-state index < -0.39 is 0 Å². The highest BCUT2D eigenvalue weighted by atomic mass is 16.1. The van der Waals surface area contributed by atoms with Crippen molar-refractivity contribution in [2.24, 2.45) is 5.73 Å². The van der Waals surface area contributed by atoms with E-state index in [1.165, 1.54) is 36.8 Å². The van der Waals surface area contributed by atoms with Crippen LogP contribution in [0.1, 0.15) is 53.1 Å². The zero-order valence-corrected chi connectivity index (χ0v) is 13.4. The molecule has 0 heterocycles. The smallest absolute Gasteiger partial charge is 0.248 e. The number of amides is 1. The Hall–Kier alpha value is -2.13. The number of hydrogen-bond donors (Lipinski definition) is 2. The van der Waals surface area contributed by atoms with Gasteiger partial charge in [0.2, 0.25) is 5.91 Å². The number of carbonyl (C=O) groups is 1. The largest absolute Gasteiger partial charge is 0.366 e. The lowest BCUT2D eigenvalue weighted by atomic mass is 9.81. The lowest BCUT2D eigenvalue weighted by Crippen LogP contribution is -2.32. The molecule has 0 atom stereocenters. The summed E-state index contributed by atoms with van der Waals surface area (Å²) >= 11 is 0. The summed E-state index contributed by atoms with van der Waals surface area (Å²) in [5, 5.41) is 3.67. The van der Waals surface area contributed by atoms with Gasteiger partial charge in [-0.05, 0) is 54.9 Å². The van der Waals surface area contributed by atoms with Gasteiger partial charge in [0.25, 0.3) is 0 Å². The van der Waals surface area contributed by atoms with E-state index in [9.17, 15) is 4.79 Å². The highest BCUT2D eigenvalue weighted by Crippen LogP contribution is 2.33. The van der Waals surface area contributed by atoms with Gasteiger partial charge in [0.1, 0.15) is 0 Å². The van der Waals surface area contributed by atoms with Crippen molar-refractivity contribution in [1.82, 2.24) is 5.32 Å². The molecule has 0 saturated heterocycles. The molecule has 120 valence electrons. The third kappa shape index (κ3) is 4.20. The minimum Gasteiger partial charge on any atom is -0.366 e. The number of nitrogens with one attached hydrogen (secondary N) is 1. The Morgan fingerprint density at radius 3 is 2.22 bits per heavy atom. The third-order valence-corrected chi connectivity index (χ3v) is 4.83. The Labute approximate surface area is 137 Å². The molecule has 1 fully saturated rings. The number of benzene rings is 2. The summed E-state index contributed by atoms with van der Waals surface area (Å²) in [6, 6.07) is 19.0. The molecule has 2 aromatic carbocycles. The Morgan fingerprint density at radius 1 is 0.957 bits per heavy atom. The summed E-state index contributed by atoms with van der Waals surface area (Å²) in [7, 11) is 0. The van der Waals surface area contributed by atoms with Gasteiger partial charge >= 0.3 is 0 Å². The summed E-state index contributed by atoms with van der Waals surface area (Å²) in [5.74, 6) is 0.247. The highest BCUT2D eigenvalue weighted by Gasteiger charge is 2.22. The summed E-state index contributed by atoms with van der Waals surface area (Å²) in [6.45, 7) is 0.948. The number of nitrogens with two attached hydrogens (primary N) is 1. The van der Waals surface area contributed by atoms with Gasteiger partial charge in [0.05, 0.1) is 0 Å². The van der Waals surface area contributed by atoms with Gasteiger partial charge in [-0.15, -0.1) is 0 Å². The van der Waals surface area contributed by atoms with Gasteiger partial charge in [0, 0.05) is 18.2 Å². The second-order valence-electron chi connectivity index (χ2n) is 6.40. The van der Waals surface area contributed by atoms with Crippen molar-refractivity contribution in [2.75, 3.05) is 0 Å². The minimum atomic E-state index is -0.356. The van der Waals surface area contributed by atoms with E-state index in [0.717, 1.165) is 6.54 Å². The average molecular weight is 308 g/mol. The van der Waals surface area contributed by atoms with E-state index in [4.69, 9.17) is 5.73 Å². The predicted octanol–water partition coefficient (Wildman–Crippen LogP) is 3.60. The van der Waals surface area contributed by atoms with Crippen LogP contribution in [0.3, 0.4) is 0 Å². The first-order valence-electron chi connectivity index (χ1n) is 8.39. The van der Waals surface area contributed by atoms with Crippen LogP contribution in [0.5, 0.6) is 0 Å². The van der Waals surface area contributed by atoms with Crippen LogP contribution >= 0.6 is 0 Å². The number of hydrogen-bond acceptors (Lipinski definition) is 2. The first-order chi connectivity index (χ1) is 11.2. The van der Waals surface area contributed by atoms with Gasteiger partial charge in [0.15, 0.2) is 0 Å². The SMILES string of the molecule is NC(=O)c1ccc(C2CCC(NCc3ccccc3)CC2)cc1. The van der Waals surface area contributed by atoms with Crippen molar-refractivity contribution in [2.45, 2.75) is 44.2 Å². The molecule has 0 aliphatic heterocycles. The molecule has 1 aliphatic carbocycles. The van der Waals surface area contributed by atoms with Crippen LogP contribution in [0.25, 0.3) is 0 Å². The normalized spacial score (nSPS) is 21.0. The molecule has 3 N–H and O–H groups in total. The zero-order chi connectivity index (χ0) is 16.1. The Balaban J connectivity index is 1.49. The molecular weight excluding hydrogens is 284 g/mol. The molecule has 3 heteroatoms. The number of carbonyl (C=O) groups excluding carboxylic acids is 1. The fourth-order valence-corrected chi connectivity index (χ4v) is 3.41. The van der Waals surface area contributed by atoms with Crippen LogP contribution in [0, 0.1) is 0 Å². The van der Waals surface area contributed by atoms with Crippen molar-refractivity contribution in [3.8, 4) is 0 Å². The second kappa shape index (κ2) is 7.42. The van der Waals surface area contributed by atoms with Gasteiger partial charge in [-0.25, -0.2) is 0 Å². The molecule has 0 unspecified atom stereocenters. The molecule has 0 aromatic heterocycles. The molecule has 1 aliphatic rings. The maximum atomic E-state index is 11.1. The zero-order valence-electron chi connectivity index (χ0n) is 13.4. The third-order valence-electron chi connectivity index (χ3n) is 4.83. The maximum Gasteiger partial charge on any atom is 0.248 e. The summed E-state index contributed by atoms with van der Waals surface area (Å²) in [5.41, 5.74) is 8.56. The summed E-state index contributed by atoms with van der Waals surface area (Å²) < 4.78 is 0. The predicted molar refractivity (Wildman–Crippen MR) is 93.2 cm³/mol. The Bertz CT molecular complexity index is 628. The lowest BCUT2D eigenvalue weighted by Gasteiger charge is -2.29. The van der Waals surface area contributed by atoms with Gasteiger partial charge in [-0.3, -0.25) is 4.79 Å². The van der Waals surface area contributed by atoms with E-state index >= 15 is 0 Å². The highest BCUT2D eigenvalue weighted by molar-refractivity contribution is 5.92. The second-order valence-corrected chi connectivity index (χ2v) is 6.40. The maximum absolute atomic E-state index is 11.1. The molecule has 0 bridgehead atoms. The molecule has 3 nitrogen and oxygen atoms in total. The number of primary amides is 1. The van der Waals surface area contributed by atoms with Crippen molar-refractivity contribution in [1.29, 1.82) is 0 Å². The molecule has 0 spiro atoms. The van der Waals surface area contributed by atoms with Crippen LogP contribution in [-0.4, -0.2) is 11.9 Å². The average Bonchev–Trinajstić information content (AvgIpc) is 2.61. The van der Waals surface area contributed by atoms with E-state index in [1.54, 1.807) is 0 Å². The molecule has 1 saturated carbocycles. The standard InChI is InChI=1S/C20H24N2O/c21-20(23)18-8-6-16(7-9-18)17-10-12-19(13-11-17)22-14-15-4-2-1-3-5-15/h1-9,17,19,22H,10-14H2,(H2,21,23). The van der Waals surface area contributed by atoms with Gasteiger partial charge < -0.3 is 11.1 Å². The van der Waals surface area contributed by atoms with Crippen molar-refractivity contribution in [3.05, 3.63) is 71.3 Å². The van der Waals surface area contributed by atoms with Crippen LogP contribution in [0.15, 0.2) is 54.6 Å². The first kappa shape index (κ1) is 15.8. The topological polar surface area (TPSA) is 55.1 Å². The molecule has 1 amide bonds. The van der Waals surface area contributed by atoms with Crippen LogP contribution in [0.4, 0.5) is 0 Å². The molecule has 3 rings (SSSR count). The van der Waals surface area contributed by atoms with Crippen LogP contribution in [-0.2, 0) is 6.54 Å². The monoisotopic (exact) mass is 308 g/mol. The summed E-state index contributed by atoms with van der Waals surface area (Å²) in [4.78, 5) is 11.1. The fraction of sp³-hybridized carbons (Fsp3) is 0.350. The molecule has 23 heavy (non-hydrogen) atoms. The lowest BCUT2D eigenvalue weighted by molar-refractivity contribution is 0.100. The number of rotatable bonds is 5. The Kier molecular flexibility index (Phi) is 5.09. The van der Waals surface area contributed by atoms with E-state index in [1.807, 2.05) is 12.1 Å². The van der Waals surface area contributed by atoms with Crippen LogP contribution < -0.4 is 11.1 Å². The quantitative estimate of drug-likeness (QED) is 0.886. The Morgan fingerprint density at radius 2 is 1.61 bits per heavy atom. The first-order valence-corrected chi connectivity index (χ1v) is 8.39. The van der Waals surface area contributed by atoms with Crippen molar-refractivity contribution in [3.63, 3.8) is 0 Å². The molecule has 2 aromatic rings. The molecular formula is C20H24N2O. The van der Waals surface area contributed by atoms with E-state index in [-0.39, 0.29) is 5.91 Å². The minimum absolute atomic E-state index is 0.356. The van der Waals surface area contributed by atoms with E-state index in [2.05, 4.69) is 47.8 Å². The summed E-state index contributed by atoms with van der Waals surface area (Å²) in [6.07, 6.45) is 4.80. The van der Waals surface area contributed by atoms with Gasteiger partial charge in [-0.2, -0.15) is 0 Å².